The number of nitrogens with zero attached hydrogens (tertiary/aromatic N) is 2. The molecule has 2 unspecified atom stereocenters. The third-order valence-corrected chi connectivity index (χ3v) is 3.47. The minimum atomic E-state index is -0.112. The Morgan fingerprint density at radius 2 is 2.17 bits per heavy atom. The van der Waals surface area contributed by atoms with Gasteiger partial charge in [-0.15, -0.1) is 0 Å². The molecular formula is C14H17N3O. The largest absolute Gasteiger partial charge is 0.340 e. The minimum absolute atomic E-state index is 0.0520. The van der Waals surface area contributed by atoms with Crippen LogP contribution in [0.4, 0.5) is 0 Å². The van der Waals surface area contributed by atoms with Gasteiger partial charge in [0.1, 0.15) is 6.42 Å². The van der Waals surface area contributed by atoms with Gasteiger partial charge in [0, 0.05) is 25.0 Å². The van der Waals surface area contributed by atoms with Gasteiger partial charge in [-0.1, -0.05) is 30.3 Å². The van der Waals surface area contributed by atoms with Crippen LogP contribution in [0, 0.1) is 11.3 Å². The number of piperidine rings is 1. The van der Waals surface area contributed by atoms with Crippen molar-refractivity contribution in [2.24, 2.45) is 5.73 Å². The Hall–Kier alpha value is -1.86. The lowest BCUT2D eigenvalue weighted by molar-refractivity contribution is -0.131. The summed E-state index contributed by atoms with van der Waals surface area (Å²) in [5.41, 5.74) is 7.39. The zero-order chi connectivity index (χ0) is 13.0. The molecule has 2 N–H and O–H groups in total. The monoisotopic (exact) mass is 243 g/mol. The van der Waals surface area contributed by atoms with E-state index in [2.05, 4.69) is 12.1 Å². The third kappa shape index (κ3) is 2.69. The zero-order valence-electron chi connectivity index (χ0n) is 10.2. The summed E-state index contributed by atoms with van der Waals surface area (Å²) in [5, 5.41) is 8.53. The van der Waals surface area contributed by atoms with Gasteiger partial charge in [0.15, 0.2) is 0 Å². The summed E-state index contributed by atoms with van der Waals surface area (Å²) in [6, 6.07) is 12.0. The minimum Gasteiger partial charge on any atom is -0.340 e. The summed E-state index contributed by atoms with van der Waals surface area (Å²) in [7, 11) is 0. The first kappa shape index (κ1) is 12.6. The van der Waals surface area contributed by atoms with E-state index in [-0.39, 0.29) is 18.4 Å². The van der Waals surface area contributed by atoms with E-state index in [9.17, 15) is 4.79 Å². The molecule has 1 heterocycles. The number of carbonyl (C=O) groups is 1. The highest BCUT2D eigenvalue weighted by molar-refractivity contribution is 5.78. The predicted octanol–water partition coefficient (Wildman–Crippen LogP) is 1.24. The van der Waals surface area contributed by atoms with Crippen LogP contribution in [0.2, 0.25) is 0 Å². The van der Waals surface area contributed by atoms with Crippen LogP contribution >= 0.6 is 0 Å². The topological polar surface area (TPSA) is 70.1 Å². The lowest BCUT2D eigenvalue weighted by atomic mass is 9.86. The average molecular weight is 243 g/mol. The van der Waals surface area contributed by atoms with Crippen LogP contribution in [0.3, 0.4) is 0 Å². The molecule has 1 aliphatic rings. The van der Waals surface area contributed by atoms with Crippen LogP contribution in [0.1, 0.15) is 24.3 Å². The third-order valence-electron chi connectivity index (χ3n) is 3.47. The summed E-state index contributed by atoms with van der Waals surface area (Å²) in [6.45, 7) is 1.23. The molecule has 1 aromatic rings. The summed E-state index contributed by atoms with van der Waals surface area (Å²) < 4.78 is 0. The molecular weight excluding hydrogens is 226 g/mol. The average Bonchev–Trinajstić information content (AvgIpc) is 2.40. The Labute approximate surface area is 107 Å². The van der Waals surface area contributed by atoms with Gasteiger partial charge >= 0.3 is 0 Å². The molecule has 1 fully saturated rings. The highest BCUT2D eigenvalue weighted by Crippen LogP contribution is 2.27. The number of carbonyl (C=O) groups excluding carboxylic acids is 1. The fourth-order valence-electron chi connectivity index (χ4n) is 2.50. The highest BCUT2D eigenvalue weighted by Gasteiger charge is 2.29. The maximum absolute atomic E-state index is 11.6. The number of benzene rings is 1. The molecule has 0 spiro atoms. The molecule has 4 nitrogen and oxygen atoms in total. The second-order valence-electron chi connectivity index (χ2n) is 4.64. The first-order chi connectivity index (χ1) is 8.72. The van der Waals surface area contributed by atoms with E-state index >= 15 is 0 Å². The van der Waals surface area contributed by atoms with Crippen molar-refractivity contribution < 1.29 is 4.79 Å². The van der Waals surface area contributed by atoms with E-state index in [1.54, 1.807) is 4.90 Å². The van der Waals surface area contributed by atoms with Crippen molar-refractivity contribution in [3.05, 3.63) is 35.9 Å². The molecule has 4 heteroatoms. The van der Waals surface area contributed by atoms with Crippen molar-refractivity contribution >= 4 is 5.91 Å². The zero-order valence-corrected chi connectivity index (χ0v) is 10.2. The maximum Gasteiger partial charge on any atom is 0.236 e. The van der Waals surface area contributed by atoms with Crippen LogP contribution in [0.15, 0.2) is 30.3 Å². The fourth-order valence-corrected chi connectivity index (χ4v) is 2.50. The molecule has 0 bridgehead atoms. The standard InChI is InChI=1S/C14H17N3O/c15-8-6-14(18)17-9-7-12(13(16)10-17)11-4-2-1-3-5-11/h1-5,12-13H,6-7,9-10,16H2. The number of hydrogen-bond acceptors (Lipinski definition) is 3. The second-order valence-corrected chi connectivity index (χ2v) is 4.64. The molecule has 1 amide bonds. The van der Waals surface area contributed by atoms with Gasteiger partial charge in [0.2, 0.25) is 5.91 Å². The lowest BCUT2D eigenvalue weighted by Gasteiger charge is -2.36. The van der Waals surface area contributed by atoms with Crippen molar-refractivity contribution in [3.8, 4) is 6.07 Å². The first-order valence-corrected chi connectivity index (χ1v) is 6.17. The Morgan fingerprint density at radius 3 is 2.78 bits per heavy atom. The molecule has 1 aliphatic heterocycles. The molecule has 2 rings (SSSR count). The number of nitriles is 1. The summed E-state index contributed by atoms with van der Waals surface area (Å²) in [6.07, 6.45) is 0.811. The predicted molar refractivity (Wildman–Crippen MR) is 68.6 cm³/mol. The van der Waals surface area contributed by atoms with Crippen LogP contribution in [0.5, 0.6) is 0 Å². The second kappa shape index (κ2) is 5.65. The van der Waals surface area contributed by atoms with Crippen molar-refractivity contribution in [3.63, 3.8) is 0 Å². The lowest BCUT2D eigenvalue weighted by Crippen LogP contribution is -2.49. The molecule has 18 heavy (non-hydrogen) atoms. The van der Waals surface area contributed by atoms with Gasteiger partial charge in [-0.05, 0) is 12.0 Å². The number of nitrogens with two attached hydrogens (primary N) is 1. The molecule has 1 saturated heterocycles. The highest BCUT2D eigenvalue weighted by atomic mass is 16.2. The number of rotatable bonds is 2. The van der Waals surface area contributed by atoms with Crippen molar-refractivity contribution in [2.45, 2.75) is 24.8 Å². The maximum atomic E-state index is 11.6. The van der Waals surface area contributed by atoms with E-state index in [0.717, 1.165) is 6.42 Å². The van der Waals surface area contributed by atoms with Crippen molar-refractivity contribution in [1.29, 1.82) is 5.26 Å². The number of amides is 1. The van der Waals surface area contributed by atoms with Crippen LogP contribution in [-0.4, -0.2) is 29.9 Å². The first-order valence-electron chi connectivity index (χ1n) is 6.17. The Bertz CT molecular complexity index is 452. The van der Waals surface area contributed by atoms with Crippen LogP contribution in [-0.2, 0) is 4.79 Å². The summed E-state index contributed by atoms with van der Waals surface area (Å²) in [5.74, 6) is 0.191. The van der Waals surface area contributed by atoms with E-state index in [1.165, 1.54) is 5.56 Å². The van der Waals surface area contributed by atoms with Crippen molar-refractivity contribution in [1.82, 2.24) is 4.90 Å². The number of hydrogen-bond donors (Lipinski definition) is 1. The summed E-state index contributed by atoms with van der Waals surface area (Å²) >= 11 is 0. The Balaban J connectivity index is 2.01. The molecule has 0 aromatic heterocycles. The van der Waals surface area contributed by atoms with Gasteiger partial charge in [-0.3, -0.25) is 4.79 Å². The fraction of sp³-hybridized carbons (Fsp3) is 0.429. The SMILES string of the molecule is N#CCC(=O)N1CCC(c2ccccc2)C(N)C1. The number of likely N-dealkylation sites (tertiary alicyclic amines) is 1. The molecule has 0 aliphatic carbocycles. The van der Waals surface area contributed by atoms with Gasteiger partial charge < -0.3 is 10.6 Å². The molecule has 1 aromatic carbocycles. The summed E-state index contributed by atoms with van der Waals surface area (Å²) in [4.78, 5) is 13.3. The van der Waals surface area contributed by atoms with Gasteiger partial charge in [0.05, 0.1) is 6.07 Å². The van der Waals surface area contributed by atoms with E-state index in [0.29, 0.717) is 19.0 Å². The van der Waals surface area contributed by atoms with Gasteiger partial charge in [0.25, 0.3) is 0 Å². The molecule has 94 valence electrons. The van der Waals surface area contributed by atoms with E-state index in [4.69, 9.17) is 11.0 Å². The molecule has 0 saturated carbocycles. The van der Waals surface area contributed by atoms with Crippen LogP contribution < -0.4 is 5.73 Å². The van der Waals surface area contributed by atoms with Crippen LogP contribution in [0.25, 0.3) is 0 Å². The van der Waals surface area contributed by atoms with E-state index < -0.39 is 0 Å². The Morgan fingerprint density at radius 1 is 1.44 bits per heavy atom. The smallest absolute Gasteiger partial charge is 0.236 e. The molecule has 2 atom stereocenters. The van der Waals surface area contributed by atoms with E-state index in [1.807, 2.05) is 24.3 Å². The van der Waals surface area contributed by atoms with Crippen molar-refractivity contribution in [2.75, 3.05) is 13.1 Å². The van der Waals surface area contributed by atoms with Gasteiger partial charge in [-0.25, -0.2) is 0 Å². The van der Waals surface area contributed by atoms with Gasteiger partial charge in [-0.2, -0.15) is 5.26 Å². The quantitative estimate of drug-likeness (QED) is 0.849. The molecule has 0 radical (unpaired) electrons. The Kier molecular flexibility index (Phi) is 3.96. The normalized spacial score (nSPS) is 23.4.